The molecule has 4 rings (SSSR count). The van der Waals surface area contributed by atoms with Gasteiger partial charge >= 0.3 is 0 Å². The lowest BCUT2D eigenvalue weighted by atomic mass is 9.88. The summed E-state index contributed by atoms with van der Waals surface area (Å²) in [5.74, 6) is 1.86. The van der Waals surface area contributed by atoms with E-state index in [9.17, 15) is 4.79 Å². The molecule has 7 heteroatoms. The van der Waals surface area contributed by atoms with Crippen LogP contribution in [-0.4, -0.2) is 40.0 Å². The van der Waals surface area contributed by atoms with Gasteiger partial charge in [0.2, 0.25) is 0 Å². The number of imidazole rings is 1. The van der Waals surface area contributed by atoms with Crippen LogP contribution in [0.15, 0.2) is 17.8 Å². The monoisotopic (exact) mass is 380 g/mol. The first-order valence-electron chi connectivity index (χ1n) is 8.73. The third-order valence-electron chi connectivity index (χ3n) is 5.29. The van der Waals surface area contributed by atoms with Gasteiger partial charge in [0.25, 0.3) is 5.91 Å². The maximum Gasteiger partial charge on any atom is 0.255 e. The highest BCUT2D eigenvalue weighted by molar-refractivity contribution is 7.10. The van der Waals surface area contributed by atoms with Gasteiger partial charge in [-0.25, -0.2) is 4.98 Å². The average molecular weight is 381 g/mol. The first-order chi connectivity index (χ1) is 11.6. The number of aromatic nitrogens is 2. The largest absolute Gasteiger partial charge is 0.336 e. The van der Waals surface area contributed by atoms with Gasteiger partial charge in [-0.15, -0.1) is 23.7 Å². The van der Waals surface area contributed by atoms with Gasteiger partial charge in [0.05, 0.1) is 5.56 Å². The molecule has 1 N–H and O–H groups in total. The second-order valence-electron chi connectivity index (χ2n) is 7.01. The van der Waals surface area contributed by atoms with Crippen molar-refractivity contribution >= 4 is 29.7 Å². The second kappa shape index (κ2) is 7.48. The van der Waals surface area contributed by atoms with Crippen molar-refractivity contribution in [3.63, 3.8) is 0 Å². The Morgan fingerprint density at radius 3 is 3.04 bits per heavy atom. The molecule has 1 aliphatic heterocycles. The van der Waals surface area contributed by atoms with Crippen molar-refractivity contribution in [2.45, 2.75) is 32.2 Å². The molecule has 5 nitrogen and oxygen atoms in total. The molecule has 0 saturated carbocycles. The molecule has 1 aliphatic carbocycles. The van der Waals surface area contributed by atoms with Gasteiger partial charge < -0.3 is 14.8 Å². The van der Waals surface area contributed by atoms with Gasteiger partial charge in [0, 0.05) is 49.3 Å². The van der Waals surface area contributed by atoms with E-state index in [0.717, 1.165) is 49.8 Å². The molecule has 2 unspecified atom stereocenters. The van der Waals surface area contributed by atoms with Crippen LogP contribution in [0.2, 0.25) is 0 Å². The van der Waals surface area contributed by atoms with Gasteiger partial charge in [-0.05, 0) is 30.7 Å². The minimum Gasteiger partial charge on any atom is -0.336 e. The molecule has 1 fully saturated rings. The number of carbonyl (C=O) groups excluding carboxylic acids is 1. The summed E-state index contributed by atoms with van der Waals surface area (Å²) in [6, 6.07) is 0.00399. The summed E-state index contributed by atoms with van der Waals surface area (Å²) in [5.41, 5.74) is 2.24. The molecule has 0 bridgehead atoms. The Bertz CT molecular complexity index is 756. The maximum atomic E-state index is 13.3. The SMILES string of the molecule is CC1CCc2c(C(=O)N3CCNCC3c3nccn3C)csc2C1.Cl. The maximum absolute atomic E-state index is 13.3. The molecule has 2 aromatic rings. The summed E-state index contributed by atoms with van der Waals surface area (Å²) in [6.07, 6.45) is 7.10. The molecular formula is C18H25ClN4OS. The van der Waals surface area contributed by atoms with Gasteiger partial charge in [0.15, 0.2) is 0 Å². The predicted octanol–water partition coefficient (Wildman–Crippen LogP) is 2.81. The normalized spacial score (nSPS) is 23.0. The zero-order valence-corrected chi connectivity index (χ0v) is 16.3. The number of nitrogens with one attached hydrogen (secondary N) is 1. The number of halogens is 1. The zero-order chi connectivity index (χ0) is 16.7. The predicted molar refractivity (Wildman–Crippen MR) is 103 cm³/mol. The molecule has 2 aromatic heterocycles. The number of amides is 1. The number of hydrogen-bond acceptors (Lipinski definition) is 4. The number of rotatable bonds is 2. The van der Waals surface area contributed by atoms with E-state index in [-0.39, 0.29) is 24.4 Å². The number of piperazine rings is 1. The Hall–Kier alpha value is -1.37. The highest BCUT2D eigenvalue weighted by Crippen LogP contribution is 2.34. The lowest BCUT2D eigenvalue weighted by Crippen LogP contribution is -2.49. The van der Waals surface area contributed by atoms with E-state index in [4.69, 9.17) is 0 Å². The molecule has 3 heterocycles. The molecule has 0 aromatic carbocycles. The van der Waals surface area contributed by atoms with E-state index in [1.165, 1.54) is 16.9 Å². The quantitative estimate of drug-likeness (QED) is 0.871. The Kier molecular flexibility index (Phi) is 5.51. The molecule has 1 amide bonds. The number of fused-ring (bicyclic) bond motifs is 1. The zero-order valence-electron chi connectivity index (χ0n) is 14.7. The van der Waals surface area contributed by atoms with E-state index in [2.05, 4.69) is 22.6 Å². The molecule has 0 spiro atoms. The number of hydrogen-bond donors (Lipinski definition) is 1. The Labute approximate surface area is 158 Å². The van der Waals surface area contributed by atoms with E-state index < -0.39 is 0 Å². The molecule has 25 heavy (non-hydrogen) atoms. The van der Waals surface area contributed by atoms with Crippen LogP contribution in [0, 0.1) is 5.92 Å². The molecule has 0 radical (unpaired) electrons. The minimum atomic E-state index is 0. The fourth-order valence-electron chi connectivity index (χ4n) is 3.89. The van der Waals surface area contributed by atoms with Crippen LogP contribution in [0.4, 0.5) is 0 Å². The number of nitrogens with zero attached hydrogens (tertiary/aromatic N) is 3. The summed E-state index contributed by atoms with van der Waals surface area (Å²) in [6.45, 7) is 4.64. The van der Waals surface area contributed by atoms with Crippen LogP contribution in [0.5, 0.6) is 0 Å². The molecule has 1 saturated heterocycles. The van der Waals surface area contributed by atoms with Crippen LogP contribution < -0.4 is 5.32 Å². The minimum absolute atomic E-state index is 0. The fourth-order valence-corrected chi connectivity index (χ4v) is 5.13. The van der Waals surface area contributed by atoms with Crippen molar-refractivity contribution in [1.82, 2.24) is 19.8 Å². The van der Waals surface area contributed by atoms with Crippen molar-refractivity contribution < 1.29 is 4.79 Å². The lowest BCUT2D eigenvalue weighted by molar-refractivity contribution is 0.0620. The van der Waals surface area contributed by atoms with Crippen molar-refractivity contribution in [3.8, 4) is 0 Å². The summed E-state index contributed by atoms with van der Waals surface area (Å²) in [7, 11) is 1.99. The van der Waals surface area contributed by atoms with Crippen molar-refractivity contribution in [3.05, 3.63) is 39.6 Å². The van der Waals surface area contributed by atoms with Crippen LogP contribution >= 0.6 is 23.7 Å². The number of thiophene rings is 1. The van der Waals surface area contributed by atoms with Crippen molar-refractivity contribution in [1.29, 1.82) is 0 Å². The van der Waals surface area contributed by atoms with Gasteiger partial charge in [-0.3, -0.25) is 4.79 Å². The van der Waals surface area contributed by atoms with E-state index >= 15 is 0 Å². The first-order valence-corrected chi connectivity index (χ1v) is 9.61. The van der Waals surface area contributed by atoms with Gasteiger partial charge in [0.1, 0.15) is 11.9 Å². The highest BCUT2D eigenvalue weighted by atomic mass is 35.5. The molecular weight excluding hydrogens is 356 g/mol. The Morgan fingerprint density at radius 2 is 2.28 bits per heavy atom. The number of aryl methyl sites for hydroxylation is 1. The lowest BCUT2D eigenvalue weighted by Gasteiger charge is -2.36. The van der Waals surface area contributed by atoms with Gasteiger partial charge in [-0.1, -0.05) is 6.92 Å². The topological polar surface area (TPSA) is 50.2 Å². The van der Waals surface area contributed by atoms with Crippen molar-refractivity contribution in [2.24, 2.45) is 13.0 Å². The Balaban J connectivity index is 0.00000182. The van der Waals surface area contributed by atoms with Crippen LogP contribution in [0.25, 0.3) is 0 Å². The second-order valence-corrected chi connectivity index (χ2v) is 7.98. The van der Waals surface area contributed by atoms with Crippen molar-refractivity contribution in [2.75, 3.05) is 19.6 Å². The number of carbonyl (C=O) groups is 1. The first kappa shape index (κ1) is 18.4. The summed E-state index contributed by atoms with van der Waals surface area (Å²) < 4.78 is 2.02. The molecule has 2 atom stereocenters. The van der Waals surface area contributed by atoms with Crippen LogP contribution in [0.3, 0.4) is 0 Å². The van der Waals surface area contributed by atoms with E-state index in [1.54, 1.807) is 17.5 Å². The molecule has 136 valence electrons. The van der Waals surface area contributed by atoms with E-state index in [1.807, 2.05) is 22.7 Å². The summed E-state index contributed by atoms with van der Waals surface area (Å²) >= 11 is 1.77. The third-order valence-corrected chi connectivity index (χ3v) is 6.34. The molecule has 2 aliphatic rings. The van der Waals surface area contributed by atoms with E-state index in [0.29, 0.717) is 0 Å². The standard InChI is InChI=1S/C18H24N4OS.ClH/c1-12-3-4-13-14(11-24-16(13)9-12)18(23)22-8-5-19-10-15(22)17-20-6-7-21(17)2;/h6-7,11-12,15,19H,3-5,8-10H2,1-2H3;1H. The fraction of sp³-hybridized carbons (Fsp3) is 0.556. The summed E-state index contributed by atoms with van der Waals surface area (Å²) in [5, 5.41) is 5.49. The van der Waals surface area contributed by atoms with Crippen LogP contribution in [-0.2, 0) is 19.9 Å². The smallest absolute Gasteiger partial charge is 0.255 e. The Morgan fingerprint density at radius 1 is 1.44 bits per heavy atom. The average Bonchev–Trinajstić information content (AvgIpc) is 3.20. The summed E-state index contributed by atoms with van der Waals surface area (Å²) in [4.78, 5) is 21.2. The highest BCUT2D eigenvalue weighted by Gasteiger charge is 2.33. The third kappa shape index (κ3) is 3.35. The van der Waals surface area contributed by atoms with Gasteiger partial charge in [-0.2, -0.15) is 0 Å². The van der Waals surface area contributed by atoms with Crippen LogP contribution in [0.1, 0.15) is 46.0 Å².